The van der Waals surface area contributed by atoms with Crippen LogP contribution in [-0.4, -0.2) is 43.7 Å². The second-order valence-corrected chi connectivity index (χ2v) is 4.95. The summed E-state index contributed by atoms with van der Waals surface area (Å²) < 4.78 is 18.2. The lowest BCUT2D eigenvalue weighted by Gasteiger charge is -2.15. The summed E-state index contributed by atoms with van der Waals surface area (Å²) in [6, 6.07) is 5.00. The summed E-state index contributed by atoms with van der Waals surface area (Å²) in [5.74, 6) is 0.345. The molecular weight excluding hydrogens is 271 g/mol. The summed E-state index contributed by atoms with van der Waals surface area (Å²) in [5.41, 5.74) is 0.524. The Morgan fingerprint density at radius 1 is 1.63 bits per heavy atom. The number of hydrogen-bond donors (Lipinski definition) is 1. The van der Waals surface area contributed by atoms with Crippen LogP contribution in [-0.2, 0) is 4.79 Å². The van der Waals surface area contributed by atoms with Crippen molar-refractivity contribution in [2.24, 2.45) is 0 Å². The second kappa shape index (κ2) is 6.21. The summed E-state index contributed by atoms with van der Waals surface area (Å²) in [6.45, 7) is 1.11. The summed E-state index contributed by atoms with van der Waals surface area (Å²) >= 11 is 5.88. The number of anilines is 1. The number of likely N-dealkylation sites (tertiary alicyclic amines) is 1. The molecule has 0 bridgehead atoms. The molecule has 4 nitrogen and oxygen atoms in total. The van der Waals surface area contributed by atoms with Gasteiger partial charge in [-0.25, -0.2) is 4.39 Å². The van der Waals surface area contributed by atoms with Crippen molar-refractivity contribution in [3.8, 4) is 5.75 Å². The predicted octanol–water partition coefficient (Wildman–Crippen LogP) is 2.33. The zero-order chi connectivity index (χ0) is 13.8. The number of carbonyl (C=O) groups excluding carboxylic acids is 1. The van der Waals surface area contributed by atoms with E-state index in [1.54, 1.807) is 23.1 Å². The number of hydrogen-bond acceptors (Lipinski definition) is 3. The summed E-state index contributed by atoms with van der Waals surface area (Å²) in [7, 11) is 1.52. The third kappa shape index (κ3) is 3.81. The molecule has 1 atom stereocenters. The molecule has 0 aliphatic carbocycles. The highest BCUT2D eigenvalue weighted by molar-refractivity contribution is 6.31. The molecule has 1 amide bonds. The zero-order valence-corrected chi connectivity index (χ0v) is 11.4. The lowest BCUT2D eigenvalue weighted by atomic mass is 10.3. The lowest BCUT2D eigenvalue weighted by molar-refractivity contribution is -0.117. The first-order chi connectivity index (χ1) is 9.08. The van der Waals surface area contributed by atoms with Crippen molar-refractivity contribution in [2.45, 2.75) is 12.6 Å². The van der Waals surface area contributed by atoms with E-state index in [1.165, 1.54) is 7.11 Å². The number of amides is 1. The van der Waals surface area contributed by atoms with Gasteiger partial charge in [0.15, 0.2) is 0 Å². The van der Waals surface area contributed by atoms with Crippen LogP contribution in [0, 0.1) is 0 Å². The number of halogens is 2. The van der Waals surface area contributed by atoms with Crippen LogP contribution < -0.4 is 10.1 Å². The highest BCUT2D eigenvalue weighted by Gasteiger charge is 2.23. The Hall–Kier alpha value is -1.33. The third-order valence-electron chi connectivity index (χ3n) is 3.02. The number of carbonyl (C=O) groups is 1. The fourth-order valence-corrected chi connectivity index (χ4v) is 2.27. The molecule has 104 valence electrons. The maximum Gasteiger partial charge on any atom is 0.238 e. The summed E-state index contributed by atoms with van der Waals surface area (Å²) in [6.07, 6.45) is -0.332. The molecule has 1 unspecified atom stereocenters. The van der Waals surface area contributed by atoms with E-state index in [9.17, 15) is 9.18 Å². The molecule has 1 fully saturated rings. The van der Waals surface area contributed by atoms with E-state index in [2.05, 4.69) is 5.32 Å². The molecule has 1 heterocycles. The Morgan fingerprint density at radius 2 is 2.42 bits per heavy atom. The van der Waals surface area contributed by atoms with E-state index < -0.39 is 6.17 Å². The average Bonchev–Trinajstić information content (AvgIpc) is 2.75. The van der Waals surface area contributed by atoms with Gasteiger partial charge in [0.1, 0.15) is 11.9 Å². The standard InChI is InChI=1S/C13H16ClFN2O2/c1-19-12-3-2-9(14)6-11(12)16-13(18)8-17-5-4-10(15)7-17/h2-3,6,10H,4-5,7-8H2,1H3,(H,16,18). The van der Waals surface area contributed by atoms with Crippen molar-refractivity contribution in [1.82, 2.24) is 4.90 Å². The molecule has 1 aromatic rings. The van der Waals surface area contributed by atoms with Gasteiger partial charge in [-0.15, -0.1) is 0 Å². The average molecular weight is 287 g/mol. The Kier molecular flexibility index (Phi) is 4.61. The molecule has 6 heteroatoms. The summed E-state index contributed by atoms with van der Waals surface area (Å²) in [4.78, 5) is 13.7. The van der Waals surface area contributed by atoms with Crippen LogP contribution in [0.2, 0.25) is 5.02 Å². The smallest absolute Gasteiger partial charge is 0.238 e. The predicted molar refractivity (Wildman–Crippen MR) is 72.6 cm³/mol. The number of alkyl halides is 1. The maximum absolute atomic E-state index is 13.0. The Morgan fingerprint density at radius 3 is 3.05 bits per heavy atom. The topological polar surface area (TPSA) is 41.6 Å². The number of ether oxygens (including phenoxy) is 1. The molecule has 0 saturated carbocycles. The van der Waals surface area contributed by atoms with E-state index in [1.807, 2.05) is 0 Å². The van der Waals surface area contributed by atoms with E-state index in [4.69, 9.17) is 16.3 Å². The van der Waals surface area contributed by atoms with Crippen LogP contribution >= 0.6 is 11.6 Å². The van der Waals surface area contributed by atoms with Crippen LogP contribution in [0.4, 0.5) is 10.1 Å². The molecule has 1 aliphatic rings. The number of rotatable bonds is 4. The molecule has 0 aromatic heterocycles. The molecule has 2 rings (SSSR count). The van der Waals surface area contributed by atoms with Crippen LogP contribution in [0.3, 0.4) is 0 Å². The van der Waals surface area contributed by atoms with Crippen LogP contribution in [0.25, 0.3) is 0 Å². The van der Waals surface area contributed by atoms with Crippen molar-refractivity contribution in [1.29, 1.82) is 0 Å². The largest absolute Gasteiger partial charge is 0.495 e. The minimum atomic E-state index is -0.825. The van der Waals surface area contributed by atoms with Crippen LogP contribution in [0.15, 0.2) is 18.2 Å². The molecule has 1 N–H and O–H groups in total. The van der Waals surface area contributed by atoms with Gasteiger partial charge in [0.2, 0.25) is 5.91 Å². The van der Waals surface area contributed by atoms with Gasteiger partial charge in [-0.05, 0) is 24.6 Å². The van der Waals surface area contributed by atoms with Gasteiger partial charge in [-0.3, -0.25) is 9.69 Å². The third-order valence-corrected chi connectivity index (χ3v) is 3.25. The van der Waals surface area contributed by atoms with Crippen molar-refractivity contribution in [2.75, 3.05) is 32.1 Å². The van der Waals surface area contributed by atoms with Gasteiger partial charge in [0, 0.05) is 18.1 Å². The highest BCUT2D eigenvalue weighted by Crippen LogP contribution is 2.27. The van der Waals surface area contributed by atoms with Crippen molar-refractivity contribution < 1.29 is 13.9 Å². The summed E-state index contributed by atoms with van der Waals surface area (Å²) in [5, 5.41) is 3.25. The minimum Gasteiger partial charge on any atom is -0.495 e. The molecule has 1 saturated heterocycles. The first-order valence-corrected chi connectivity index (χ1v) is 6.46. The van der Waals surface area contributed by atoms with Gasteiger partial charge >= 0.3 is 0 Å². The molecule has 19 heavy (non-hydrogen) atoms. The monoisotopic (exact) mass is 286 g/mol. The highest BCUT2D eigenvalue weighted by atomic mass is 35.5. The minimum absolute atomic E-state index is 0.177. The molecule has 0 radical (unpaired) electrons. The van der Waals surface area contributed by atoms with Crippen molar-refractivity contribution >= 4 is 23.2 Å². The fraction of sp³-hybridized carbons (Fsp3) is 0.462. The molecule has 0 spiro atoms. The fourth-order valence-electron chi connectivity index (χ4n) is 2.10. The Balaban J connectivity index is 1.96. The first kappa shape index (κ1) is 14.1. The SMILES string of the molecule is COc1ccc(Cl)cc1NC(=O)CN1CCC(F)C1. The van der Waals surface area contributed by atoms with Crippen molar-refractivity contribution in [3.63, 3.8) is 0 Å². The molecular formula is C13H16ClFN2O2. The molecule has 1 aliphatic heterocycles. The van der Waals surface area contributed by atoms with E-state index in [-0.39, 0.29) is 12.5 Å². The number of benzene rings is 1. The lowest BCUT2D eigenvalue weighted by Crippen LogP contribution is -2.31. The van der Waals surface area contributed by atoms with Crippen molar-refractivity contribution in [3.05, 3.63) is 23.2 Å². The van der Waals surface area contributed by atoms with E-state index in [0.29, 0.717) is 36.0 Å². The first-order valence-electron chi connectivity index (χ1n) is 6.08. The normalized spacial score (nSPS) is 19.4. The number of nitrogens with zero attached hydrogens (tertiary/aromatic N) is 1. The maximum atomic E-state index is 13.0. The number of nitrogens with one attached hydrogen (secondary N) is 1. The van der Waals surface area contributed by atoms with Gasteiger partial charge in [-0.1, -0.05) is 11.6 Å². The Labute approximate surface area is 116 Å². The Bertz CT molecular complexity index is 470. The van der Waals surface area contributed by atoms with Gasteiger partial charge in [0.05, 0.1) is 19.3 Å². The number of methoxy groups -OCH3 is 1. The van der Waals surface area contributed by atoms with E-state index in [0.717, 1.165) is 0 Å². The van der Waals surface area contributed by atoms with E-state index >= 15 is 0 Å². The van der Waals surface area contributed by atoms with Crippen LogP contribution in [0.1, 0.15) is 6.42 Å². The quantitative estimate of drug-likeness (QED) is 0.924. The van der Waals surface area contributed by atoms with Gasteiger partial charge < -0.3 is 10.1 Å². The van der Waals surface area contributed by atoms with Crippen LogP contribution in [0.5, 0.6) is 5.75 Å². The molecule has 1 aromatic carbocycles. The van der Waals surface area contributed by atoms with Gasteiger partial charge in [-0.2, -0.15) is 0 Å². The zero-order valence-electron chi connectivity index (χ0n) is 10.7. The van der Waals surface area contributed by atoms with Gasteiger partial charge in [0.25, 0.3) is 0 Å². The second-order valence-electron chi connectivity index (χ2n) is 4.51.